The van der Waals surface area contributed by atoms with E-state index in [1.165, 1.54) is 6.07 Å². The number of rotatable bonds is 8. The fourth-order valence-electron chi connectivity index (χ4n) is 4.16. The van der Waals surface area contributed by atoms with Crippen LogP contribution in [-0.4, -0.2) is 45.4 Å². The van der Waals surface area contributed by atoms with Crippen molar-refractivity contribution in [2.75, 3.05) is 24.2 Å². The van der Waals surface area contributed by atoms with E-state index in [0.29, 0.717) is 17.5 Å². The van der Waals surface area contributed by atoms with Crippen LogP contribution in [0.25, 0.3) is 11.0 Å². The number of aromatic amines is 1. The van der Waals surface area contributed by atoms with Crippen molar-refractivity contribution in [3.8, 4) is 0 Å². The molecule has 1 fully saturated rings. The van der Waals surface area contributed by atoms with Gasteiger partial charge in [-0.3, -0.25) is 4.72 Å². The Bertz CT molecular complexity index is 1010. The minimum absolute atomic E-state index is 0.286. The summed E-state index contributed by atoms with van der Waals surface area (Å²) in [5.74, 6) is 0.690. The SMILES string of the molecule is CN(c1ncnc2[nH]ccc12)C1CCC(CSNCC(O)c2ccc(F)c(F)c2)CC1. The molecule has 1 saturated carbocycles. The minimum atomic E-state index is -0.940. The van der Waals surface area contributed by atoms with E-state index in [2.05, 4.69) is 31.6 Å². The van der Waals surface area contributed by atoms with Gasteiger partial charge in [0.25, 0.3) is 0 Å². The van der Waals surface area contributed by atoms with E-state index in [0.717, 1.165) is 60.4 Å². The van der Waals surface area contributed by atoms with Crippen LogP contribution in [0.3, 0.4) is 0 Å². The molecule has 1 aliphatic rings. The fourth-order valence-corrected chi connectivity index (χ4v) is 5.13. The van der Waals surface area contributed by atoms with E-state index in [9.17, 15) is 13.9 Å². The van der Waals surface area contributed by atoms with Crippen molar-refractivity contribution in [2.24, 2.45) is 5.92 Å². The number of anilines is 1. The van der Waals surface area contributed by atoms with E-state index >= 15 is 0 Å². The Hall–Kier alpha value is -2.23. The second-order valence-electron chi connectivity index (χ2n) is 8.07. The molecule has 0 radical (unpaired) electrons. The number of H-pyrrole nitrogens is 1. The third-order valence-corrected chi connectivity index (χ3v) is 7.07. The van der Waals surface area contributed by atoms with Crippen LogP contribution in [-0.2, 0) is 0 Å². The molecule has 31 heavy (non-hydrogen) atoms. The molecular formula is C22H27F2N5OS. The second-order valence-corrected chi connectivity index (χ2v) is 8.98. The number of aromatic nitrogens is 3. The molecule has 4 rings (SSSR count). The van der Waals surface area contributed by atoms with Gasteiger partial charge in [0.05, 0.1) is 11.5 Å². The highest BCUT2D eigenvalue weighted by molar-refractivity contribution is 7.97. The highest BCUT2D eigenvalue weighted by Gasteiger charge is 2.26. The third kappa shape index (κ3) is 5.16. The summed E-state index contributed by atoms with van der Waals surface area (Å²) in [5, 5.41) is 11.2. The Balaban J connectivity index is 1.20. The molecule has 166 valence electrons. The number of halogens is 2. The Kier molecular flexibility index (Phi) is 7.04. The van der Waals surface area contributed by atoms with Crippen LogP contribution in [0.5, 0.6) is 0 Å². The van der Waals surface area contributed by atoms with Crippen molar-refractivity contribution in [1.29, 1.82) is 0 Å². The largest absolute Gasteiger partial charge is 0.387 e. The van der Waals surface area contributed by atoms with Crippen molar-refractivity contribution in [2.45, 2.75) is 37.8 Å². The topological polar surface area (TPSA) is 77.1 Å². The number of fused-ring (bicyclic) bond motifs is 1. The summed E-state index contributed by atoms with van der Waals surface area (Å²) >= 11 is 1.58. The lowest BCUT2D eigenvalue weighted by Crippen LogP contribution is -2.36. The Labute approximate surface area is 184 Å². The maximum absolute atomic E-state index is 13.3. The van der Waals surface area contributed by atoms with Gasteiger partial charge in [0.2, 0.25) is 0 Å². The van der Waals surface area contributed by atoms with E-state index < -0.39 is 17.7 Å². The smallest absolute Gasteiger partial charge is 0.159 e. The first kappa shape index (κ1) is 22.0. The highest BCUT2D eigenvalue weighted by Crippen LogP contribution is 2.32. The highest BCUT2D eigenvalue weighted by atomic mass is 32.2. The van der Waals surface area contributed by atoms with E-state index in [1.54, 1.807) is 18.3 Å². The van der Waals surface area contributed by atoms with Crippen molar-refractivity contribution < 1.29 is 13.9 Å². The third-order valence-electron chi connectivity index (χ3n) is 6.06. The van der Waals surface area contributed by atoms with Crippen molar-refractivity contribution in [1.82, 2.24) is 19.7 Å². The zero-order valence-corrected chi connectivity index (χ0v) is 18.2. The van der Waals surface area contributed by atoms with Gasteiger partial charge in [-0.1, -0.05) is 18.0 Å². The van der Waals surface area contributed by atoms with Gasteiger partial charge < -0.3 is 15.0 Å². The molecule has 0 spiro atoms. The molecular weight excluding hydrogens is 420 g/mol. The zero-order chi connectivity index (χ0) is 21.8. The van der Waals surface area contributed by atoms with Gasteiger partial charge in [-0.05, 0) is 55.4 Å². The van der Waals surface area contributed by atoms with Gasteiger partial charge in [0.1, 0.15) is 17.8 Å². The molecule has 3 N–H and O–H groups in total. The van der Waals surface area contributed by atoms with Crippen molar-refractivity contribution in [3.05, 3.63) is 54.0 Å². The molecule has 1 atom stereocenters. The summed E-state index contributed by atoms with van der Waals surface area (Å²) < 4.78 is 29.5. The number of hydrogen-bond donors (Lipinski definition) is 3. The molecule has 9 heteroatoms. The first-order chi connectivity index (χ1) is 15.0. The summed E-state index contributed by atoms with van der Waals surface area (Å²) in [6.45, 7) is 0.286. The Morgan fingerprint density at radius 3 is 2.77 bits per heavy atom. The van der Waals surface area contributed by atoms with Gasteiger partial charge in [-0.25, -0.2) is 18.7 Å². The normalized spacial score (nSPS) is 20.1. The molecule has 0 bridgehead atoms. The predicted molar refractivity (Wildman–Crippen MR) is 120 cm³/mol. The number of hydrogen-bond acceptors (Lipinski definition) is 6. The molecule has 0 aliphatic heterocycles. The lowest BCUT2D eigenvalue weighted by atomic mass is 9.86. The van der Waals surface area contributed by atoms with Gasteiger partial charge in [0, 0.05) is 31.6 Å². The summed E-state index contributed by atoms with van der Waals surface area (Å²) in [6, 6.07) is 5.97. The van der Waals surface area contributed by atoms with Crippen LogP contribution >= 0.6 is 11.9 Å². The predicted octanol–water partition coefficient (Wildman–Crippen LogP) is 4.20. The lowest BCUT2D eigenvalue weighted by molar-refractivity contribution is 0.182. The van der Waals surface area contributed by atoms with E-state index in [-0.39, 0.29) is 6.54 Å². The Morgan fingerprint density at radius 1 is 1.19 bits per heavy atom. The zero-order valence-electron chi connectivity index (χ0n) is 17.4. The van der Waals surface area contributed by atoms with Crippen molar-refractivity contribution >= 4 is 28.8 Å². The molecule has 0 saturated heterocycles. The van der Waals surface area contributed by atoms with Gasteiger partial charge in [-0.2, -0.15) is 0 Å². The van der Waals surface area contributed by atoms with E-state index in [4.69, 9.17) is 0 Å². The maximum atomic E-state index is 13.3. The number of nitrogens with zero attached hydrogens (tertiary/aromatic N) is 3. The Morgan fingerprint density at radius 2 is 2.00 bits per heavy atom. The quantitative estimate of drug-likeness (QED) is 0.355. The van der Waals surface area contributed by atoms with Crippen LogP contribution in [0.1, 0.15) is 37.4 Å². The monoisotopic (exact) mass is 447 g/mol. The molecule has 2 aromatic heterocycles. The van der Waals surface area contributed by atoms with Crippen molar-refractivity contribution in [3.63, 3.8) is 0 Å². The first-order valence-corrected chi connectivity index (χ1v) is 11.5. The molecule has 0 amide bonds. The molecule has 2 heterocycles. The molecule has 1 unspecified atom stereocenters. The summed E-state index contributed by atoms with van der Waals surface area (Å²) in [7, 11) is 2.11. The summed E-state index contributed by atoms with van der Waals surface area (Å²) in [6.07, 6.45) is 7.11. The molecule has 1 aromatic carbocycles. The molecule has 1 aliphatic carbocycles. The average molecular weight is 448 g/mol. The van der Waals surface area contributed by atoms with Crippen LogP contribution < -0.4 is 9.62 Å². The van der Waals surface area contributed by atoms with Gasteiger partial charge in [-0.15, -0.1) is 0 Å². The van der Waals surface area contributed by atoms with Crippen LogP contribution in [0.15, 0.2) is 36.8 Å². The fraction of sp³-hybridized carbons (Fsp3) is 0.455. The number of nitrogens with one attached hydrogen (secondary N) is 2. The molecule has 3 aromatic rings. The summed E-state index contributed by atoms with van der Waals surface area (Å²) in [5.41, 5.74) is 1.23. The standard InChI is InChI=1S/C22H27F2N5OS/c1-29(22-17-8-9-25-21(17)26-13-27-22)16-5-2-14(3-6-16)12-31-28-11-20(30)15-4-7-18(23)19(24)10-15/h4,7-10,13-14,16,20,28,30H,2-3,5-6,11-12H2,1H3,(H,25,26,27). The summed E-state index contributed by atoms with van der Waals surface area (Å²) in [4.78, 5) is 14.2. The first-order valence-electron chi connectivity index (χ1n) is 10.5. The average Bonchev–Trinajstić information content (AvgIpc) is 3.27. The van der Waals surface area contributed by atoms with Crippen LogP contribution in [0.2, 0.25) is 0 Å². The maximum Gasteiger partial charge on any atom is 0.159 e. The van der Waals surface area contributed by atoms with E-state index in [1.807, 2.05) is 12.3 Å². The number of aliphatic hydroxyl groups is 1. The molecule has 6 nitrogen and oxygen atoms in total. The number of aliphatic hydroxyl groups excluding tert-OH is 1. The van der Waals surface area contributed by atoms with Crippen LogP contribution in [0.4, 0.5) is 14.6 Å². The minimum Gasteiger partial charge on any atom is -0.387 e. The van der Waals surface area contributed by atoms with Crippen LogP contribution in [0, 0.1) is 17.6 Å². The number of benzene rings is 1. The second kappa shape index (κ2) is 9.93. The lowest BCUT2D eigenvalue weighted by Gasteiger charge is -2.35. The van der Waals surface area contributed by atoms with Gasteiger partial charge >= 0.3 is 0 Å². The van der Waals surface area contributed by atoms with Gasteiger partial charge in [0.15, 0.2) is 11.6 Å².